The highest BCUT2D eigenvalue weighted by Gasteiger charge is 2.28. The number of nitrogens with zero attached hydrogens (tertiary/aromatic N) is 3. The molecule has 3 aromatic rings. The molecule has 2 heterocycles. The number of ketones is 1. The molecule has 0 saturated heterocycles. The van der Waals surface area contributed by atoms with Gasteiger partial charge in [-0.05, 0) is 49.6 Å². The minimum absolute atomic E-state index is 0.0224. The van der Waals surface area contributed by atoms with Crippen molar-refractivity contribution in [3.63, 3.8) is 0 Å². The van der Waals surface area contributed by atoms with E-state index in [4.69, 9.17) is 15.0 Å². The number of rotatable bonds is 6. The summed E-state index contributed by atoms with van der Waals surface area (Å²) < 4.78 is 11.2. The molecular weight excluding hydrogens is 394 g/mol. The van der Waals surface area contributed by atoms with E-state index < -0.39 is 6.04 Å². The highest BCUT2D eigenvalue weighted by atomic mass is 16.5. The fourth-order valence-corrected chi connectivity index (χ4v) is 3.78. The third kappa shape index (κ3) is 4.06. The van der Waals surface area contributed by atoms with Crippen molar-refractivity contribution in [2.75, 3.05) is 13.1 Å². The minimum atomic E-state index is -0.424. The summed E-state index contributed by atoms with van der Waals surface area (Å²) in [6.07, 6.45) is 0.700. The van der Waals surface area contributed by atoms with Crippen molar-refractivity contribution in [2.24, 2.45) is 5.73 Å². The average Bonchev–Trinajstić information content (AvgIpc) is 3.27. The van der Waals surface area contributed by atoms with Crippen molar-refractivity contribution in [2.45, 2.75) is 32.4 Å². The number of Topliss-reactive ketones (excluding diaryl/α,β-unsaturated/α-hetero) is 1. The van der Waals surface area contributed by atoms with Gasteiger partial charge in [-0.2, -0.15) is 10.2 Å². The maximum absolute atomic E-state index is 12.2. The van der Waals surface area contributed by atoms with Crippen molar-refractivity contribution >= 4 is 5.78 Å². The van der Waals surface area contributed by atoms with Crippen LogP contribution in [0.15, 0.2) is 40.9 Å². The highest BCUT2D eigenvalue weighted by Crippen LogP contribution is 2.33. The molecule has 1 aliphatic heterocycles. The lowest BCUT2D eigenvalue weighted by atomic mass is 9.88. The monoisotopic (exact) mass is 417 g/mol. The molecule has 4 rings (SSSR count). The predicted octanol–water partition coefficient (Wildman–Crippen LogP) is 2.78. The molecule has 0 spiro atoms. The van der Waals surface area contributed by atoms with Crippen LogP contribution in [0.3, 0.4) is 0 Å². The lowest BCUT2D eigenvalue weighted by Crippen LogP contribution is -2.38. The van der Waals surface area contributed by atoms with Gasteiger partial charge in [0.1, 0.15) is 11.8 Å². The summed E-state index contributed by atoms with van der Waals surface area (Å²) in [7, 11) is 0. The van der Waals surface area contributed by atoms with E-state index in [1.807, 2.05) is 32.0 Å². The summed E-state index contributed by atoms with van der Waals surface area (Å²) in [5, 5.41) is 16.9. The van der Waals surface area contributed by atoms with Crippen LogP contribution in [0.4, 0.5) is 0 Å². The summed E-state index contributed by atoms with van der Waals surface area (Å²) in [6.45, 7) is 4.45. The first-order valence-electron chi connectivity index (χ1n) is 10.1. The van der Waals surface area contributed by atoms with Crippen molar-refractivity contribution in [1.82, 2.24) is 15.5 Å². The van der Waals surface area contributed by atoms with E-state index in [1.165, 1.54) is 0 Å². The van der Waals surface area contributed by atoms with Gasteiger partial charge in [-0.25, -0.2) is 0 Å². The topological polar surface area (TPSA) is 127 Å². The molecule has 0 fully saturated rings. The second-order valence-corrected chi connectivity index (χ2v) is 7.59. The quantitative estimate of drug-likeness (QED) is 0.627. The number of aromatic nitrogens is 2. The third-order valence-corrected chi connectivity index (χ3v) is 5.15. The van der Waals surface area contributed by atoms with Gasteiger partial charge in [-0.1, -0.05) is 23.4 Å². The zero-order valence-corrected chi connectivity index (χ0v) is 17.4. The van der Waals surface area contributed by atoms with Crippen LogP contribution >= 0.6 is 0 Å². The van der Waals surface area contributed by atoms with E-state index >= 15 is 0 Å². The van der Waals surface area contributed by atoms with Crippen molar-refractivity contribution < 1.29 is 14.1 Å². The number of hydrogen-bond acceptors (Lipinski definition) is 8. The Morgan fingerprint density at radius 1 is 1.39 bits per heavy atom. The van der Waals surface area contributed by atoms with Crippen LogP contribution in [0.2, 0.25) is 0 Å². The van der Waals surface area contributed by atoms with Gasteiger partial charge in [0.2, 0.25) is 5.82 Å². The summed E-state index contributed by atoms with van der Waals surface area (Å²) in [5.74, 6) is 1.21. The second-order valence-electron chi connectivity index (χ2n) is 7.59. The number of hydrogen-bond donors (Lipinski definition) is 2. The van der Waals surface area contributed by atoms with Crippen molar-refractivity contribution in [3.05, 3.63) is 53.1 Å². The zero-order chi connectivity index (χ0) is 22.0. The molecule has 1 atom stereocenters. The SMILES string of the molecule is CC(C)Oc1ccc(-c2nc(-c3cccc4c3CCNC4C(=O)CN)no2)cc1C#N. The number of fused-ring (bicyclic) bond motifs is 1. The molecule has 0 bridgehead atoms. The van der Waals surface area contributed by atoms with Crippen LogP contribution in [-0.2, 0) is 11.2 Å². The highest BCUT2D eigenvalue weighted by molar-refractivity contribution is 5.88. The summed E-state index contributed by atoms with van der Waals surface area (Å²) in [5.41, 5.74) is 9.34. The summed E-state index contributed by atoms with van der Waals surface area (Å²) in [4.78, 5) is 16.8. The van der Waals surface area contributed by atoms with Gasteiger partial charge >= 0.3 is 0 Å². The Bertz CT molecular complexity index is 1160. The molecular formula is C23H23N5O3. The molecule has 0 saturated carbocycles. The van der Waals surface area contributed by atoms with E-state index in [2.05, 4.69) is 21.5 Å². The Kier molecular flexibility index (Phi) is 5.80. The molecule has 158 valence electrons. The normalized spacial score (nSPS) is 15.4. The lowest BCUT2D eigenvalue weighted by Gasteiger charge is -2.26. The largest absolute Gasteiger partial charge is 0.490 e. The first kappa shape index (κ1) is 20.7. The number of nitriles is 1. The predicted molar refractivity (Wildman–Crippen MR) is 114 cm³/mol. The Labute approximate surface area is 180 Å². The van der Waals surface area contributed by atoms with Crippen LogP contribution < -0.4 is 15.8 Å². The third-order valence-electron chi connectivity index (χ3n) is 5.15. The van der Waals surface area contributed by atoms with Gasteiger partial charge in [0.15, 0.2) is 5.78 Å². The van der Waals surface area contributed by atoms with Gasteiger partial charge in [0, 0.05) is 17.7 Å². The van der Waals surface area contributed by atoms with E-state index in [0.29, 0.717) is 35.1 Å². The molecule has 1 unspecified atom stereocenters. The summed E-state index contributed by atoms with van der Waals surface area (Å²) >= 11 is 0. The first-order valence-corrected chi connectivity index (χ1v) is 10.1. The Morgan fingerprint density at radius 2 is 2.23 bits per heavy atom. The van der Waals surface area contributed by atoms with Crippen molar-refractivity contribution in [1.29, 1.82) is 5.26 Å². The number of nitrogens with two attached hydrogens (primary N) is 1. The van der Waals surface area contributed by atoms with Crippen LogP contribution in [0.25, 0.3) is 22.8 Å². The number of nitrogens with one attached hydrogen (secondary N) is 1. The van der Waals surface area contributed by atoms with Gasteiger partial charge < -0.3 is 20.3 Å². The fourth-order valence-electron chi connectivity index (χ4n) is 3.78. The smallest absolute Gasteiger partial charge is 0.258 e. The number of benzene rings is 2. The molecule has 2 aromatic carbocycles. The minimum Gasteiger partial charge on any atom is -0.490 e. The fraction of sp³-hybridized carbons (Fsp3) is 0.304. The van der Waals surface area contributed by atoms with E-state index in [9.17, 15) is 10.1 Å². The van der Waals surface area contributed by atoms with Crippen LogP contribution in [0.1, 0.15) is 36.6 Å². The van der Waals surface area contributed by atoms with Crippen LogP contribution in [-0.4, -0.2) is 35.1 Å². The molecule has 1 aliphatic rings. The van der Waals surface area contributed by atoms with Gasteiger partial charge in [0.25, 0.3) is 5.89 Å². The average molecular weight is 417 g/mol. The number of carbonyl (C=O) groups is 1. The van der Waals surface area contributed by atoms with E-state index in [0.717, 1.165) is 23.1 Å². The number of carbonyl (C=O) groups excluding carboxylic acids is 1. The van der Waals surface area contributed by atoms with Gasteiger partial charge in [-0.3, -0.25) is 4.79 Å². The molecule has 8 nitrogen and oxygen atoms in total. The molecule has 3 N–H and O–H groups in total. The van der Waals surface area contributed by atoms with Crippen LogP contribution in [0.5, 0.6) is 5.75 Å². The maximum atomic E-state index is 12.2. The molecule has 1 aromatic heterocycles. The first-order chi connectivity index (χ1) is 15.0. The Morgan fingerprint density at radius 3 is 2.97 bits per heavy atom. The molecule has 0 amide bonds. The zero-order valence-electron chi connectivity index (χ0n) is 17.4. The lowest BCUT2D eigenvalue weighted by molar-refractivity contribution is -0.120. The van der Waals surface area contributed by atoms with Crippen LogP contribution in [0, 0.1) is 11.3 Å². The maximum Gasteiger partial charge on any atom is 0.258 e. The summed E-state index contributed by atoms with van der Waals surface area (Å²) in [6, 6.07) is 12.6. The van der Waals surface area contributed by atoms with E-state index in [1.54, 1.807) is 18.2 Å². The second kappa shape index (κ2) is 8.68. The molecule has 8 heteroatoms. The molecule has 31 heavy (non-hydrogen) atoms. The standard InChI is InChI=1S/C23H23N5O3/c1-13(2)30-20-7-6-14(10-15(20)11-24)23-27-22(28-31-23)18-5-3-4-17-16(18)8-9-26-21(17)19(29)12-25/h3-7,10,13,21,26H,8-9,12,25H2,1-2H3. The Hall–Kier alpha value is -3.54. The van der Waals surface area contributed by atoms with Gasteiger partial charge in [-0.15, -0.1) is 0 Å². The Balaban J connectivity index is 1.69. The van der Waals surface area contributed by atoms with Gasteiger partial charge in [0.05, 0.1) is 24.3 Å². The van der Waals surface area contributed by atoms with Crippen molar-refractivity contribution in [3.8, 4) is 34.7 Å². The number of ether oxygens (including phenoxy) is 1. The molecule has 0 radical (unpaired) electrons. The van der Waals surface area contributed by atoms with E-state index in [-0.39, 0.29) is 18.4 Å². The molecule has 0 aliphatic carbocycles.